The van der Waals surface area contributed by atoms with Gasteiger partial charge in [0.2, 0.25) is 0 Å². The van der Waals surface area contributed by atoms with Crippen LogP contribution in [-0.4, -0.2) is 39.3 Å². The van der Waals surface area contributed by atoms with Crippen LogP contribution in [0.15, 0.2) is 24.5 Å². The van der Waals surface area contributed by atoms with Gasteiger partial charge < -0.3 is 5.11 Å². The minimum Gasteiger partial charge on any atom is -0.478 e. The number of aromatic nitrogens is 2. The number of carboxylic acid groups (broad SMARTS) is 1. The lowest BCUT2D eigenvalue weighted by Gasteiger charge is -2.12. The Bertz CT molecular complexity index is 357. The molecule has 1 aromatic heterocycles. The summed E-state index contributed by atoms with van der Waals surface area (Å²) >= 11 is 0. The summed E-state index contributed by atoms with van der Waals surface area (Å²) in [5, 5.41) is 12.5. The number of aryl methyl sites for hydroxylation is 1. The Morgan fingerprint density at radius 1 is 1.73 bits per heavy atom. The lowest BCUT2D eigenvalue weighted by atomic mass is 10.3. The third kappa shape index (κ3) is 4.42. The molecule has 0 unspecified atom stereocenters. The molecule has 1 rings (SSSR count). The Hall–Kier alpha value is -1.62. The molecule has 0 spiro atoms. The van der Waals surface area contributed by atoms with Gasteiger partial charge in [-0.2, -0.15) is 5.10 Å². The normalized spacial score (nSPS) is 11.4. The van der Waals surface area contributed by atoms with Crippen LogP contribution < -0.4 is 0 Å². The molecular formula is C10H15N3O2. The van der Waals surface area contributed by atoms with E-state index in [0.29, 0.717) is 6.54 Å². The monoisotopic (exact) mass is 209 g/mol. The van der Waals surface area contributed by atoms with Crippen LogP contribution in [0.3, 0.4) is 0 Å². The van der Waals surface area contributed by atoms with E-state index in [9.17, 15) is 4.79 Å². The largest absolute Gasteiger partial charge is 0.478 e. The molecule has 0 aliphatic rings. The molecule has 0 fully saturated rings. The van der Waals surface area contributed by atoms with Crippen LogP contribution in [0.4, 0.5) is 0 Å². The van der Waals surface area contributed by atoms with E-state index in [0.717, 1.165) is 18.2 Å². The highest BCUT2D eigenvalue weighted by atomic mass is 16.4. The molecule has 0 saturated heterocycles. The molecule has 0 bridgehead atoms. The summed E-state index contributed by atoms with van der Waals surface area (Å²) in [5.74, 6) is -0.912. The van der Waals surface area contributed by atoms with E-state index in [1.54, 1.807) is 17.0 Å². The Morgan fingerprint density at radius 3 is 3.00 bits per heavy atom. The summed E-state index contributed by atoms with van der Waals surface area (Å²) in [6, 6.07) is 0. The summed E-state index contributed by atoms with van der Waals surface area (Å²) in [6.07, 6.45) is 6.52. The van der Waals surface area contributed by atoms with Crippen molar-refractivity contribution in [3.05, 3.63) is 30.1 Å². The first-order chi connectivity index (χ1) is 7.08. The van der Waals surface area contributed by atoms with Gasteiger partial charge in [0.25, 0.3) is 0 Å². The predicted octanol–water partition coefficient (Wildman–Crippen LogP) is 0.493. The Balaban J connectivity index is 2.36. The number of hydrogen-bond donors (Lipinski definition) is 1. The van der Waals surface area contributed by atoms with E-state index in [1.165, 1.54) is 0 Å². The van der Waals surface area contributed by atoms with Crippen LogP contribution in [-0.2, 0) is 18.4 Å². The van der Waals surface area contributed by atoms with E-state index in [1.807, 2.05) is 25.2 Å². The van der Waals surface area contributed by atoms with Gasteiger partial charge in [0, 0.05) is 38.0 Å². The van der Waals surface area contributed by atoms with Crippen LogP contribution in [0.1, 0.15) is 5.56 Å². The van der Waals surface area contributed by atoms with E-state index in [-0.39, 0.29) is 0 Å². The van der Waals surface area contributed by atoms with E-state index >= 15 is 0 Å². The van der Waals surface area contributed by atoms with Crippen LogP contribution in [0.2, 0.25) is 0 Å². The minimum atomic E-state index is -0.912. The first-order valence-electron chi connectivity index (χ1n) is 4.63. The maximum Gasteiger partial charge on any atom is 0.328 e. The third-order valence-corrected chi connectivity index (χ3v) is 1.89. The van der Waals surface area contributed by atoms with Crippen molar-refractivity contribution in [2.75, 3.05) is 13.6 Å². The van der Waals surface area contributed by atoms with Crippen molar-refractivity contribution in [2.24, 2.45) is 7.05 Å². The number of likely N-dealkylation sites (N-methyl/N-ethyl adjacent to an activating group) is 1. The minimum absolute atomic E-state index is 0.612. The Morgan fingerprint density at radius 2 is 2.47 bits per heavy atom. The fourth-order valence-corrected chi connectivity index (χ4v) is 1.26. The van der Waals surface area contributed by atoms with Gasteiger partial charge in [0.1, 0.15) is 0 Å². The number of carbonyl (C=O) groups is 1. The molecule has 0 amide bonds. The highest BCUT2D eigenvalue weighted by Crippen LogP contribution is 2.00. The molecule has 5 heteroatoms. The van der Waals surface area contributed by atoms with Crippen LogP contribution in [0.5, 0.6) is 0 Å². The van der Waals surface area contributed by atoms with Crippen LogP contribution >= 0.6 is 0 Å². The lowest BCUT2D eigenvalue weighted by molar-refractivity contribution is -0.131. The average Bonchev–Trinajstić information content (AvgIpc) is 2.50. The second kappa shape index (κ2) is 5.31. The van der Waals surface area contributed by atoms with Crippen molar-refractivity contribution in [3.63, 3.8) is 0 Å². The summed E-state index contributed by atoms with van der Waals surface area (Å²) < 4.78 is 1.75. The highest BCUT2D eigenvalue weighted by molar-refractivity contribution is 5.79. The highest BCUT2D eigenvalue weighted by Gasteiger charge is 2.00. The van der Waals surface area contributed by atoms with Crippen molar-refractivity contribution in [1.29, 1.82) is 0 Å². The maximum atomic E-state index is 10.2. The molecule has 0 radical (unpaired) electrons. The number of hydrogen-bond acceptors (Lipinski definition) is 3. The quantitative estimate of drug-likeness (QED) is 0.717. The van der Waals surface area contributed by atoms with Gasteiger partial charge in [-0.05, 0) is 7.05 Å². The molecule has 0 aliphatic heterocycles. The zero-order valence-corrected chi connectivity index (χ0v) is 8.92. The number of nitrogens with zero attached hydrogens (tertiary/aromatic N) is 3. The van der Waals surface area contributed by atoms with Gasteiger partial charge >= 0.3 is 5.97 Å². The van der Waals surface area contributed by atoms with E-state index in [2.05, 4.69) is 5.10 Å². The molecule has 15 heavy (non-hydrogen) atoms. The second-order valence-electron chi connectivity index (χ2n) is 3.46. The molecule has 82 valence electrons. The number of aliphatic carboxylic acids is 1. The Labute approximate surface area is 88.6 Å². The first kappa shape index (κ1) is 11.5. The maximum absolute atomic E-state index is 10.2. The fourth-order valence-electron chi connectivity index (χ4n) is 1.26. The van der Waals surface area contributed by atoms with Crippen molar-refractivity contribution in [2.45, 2.75) is 6.54 Å². The van der Waals surface area contributed by atoms with Gasteiger partial charge in [-0.3, -0.25) is 9.58 Å². The molecule has 5 nitrogen and oxygen atoms in total. The molecule has 1 aromatic rings. The topological polar surface area (TPSA) is 58.4 Å². The zero-order valence-electron chi connectivity index (χ0n) is 8.92. The summed E-state index contributed by atoms with van der Waals surface area (Å²) in [5.41, 5.74) is 1.11. The molecule has 1 heterocycles. The predicted molar refractivity (Wildman–Crippen MR) is 56.3 cm³/mol. The van der Waals surface area contributed by atoms with Gasteiger partial charge in [-0.1, -0.05) is 6.08 Å². The number of rotatable bonds is 5. The first-order valence-corrected chi connectivity index (χ1v) is 4.63. The third-order valence-electron chi connectivity index (χ3n) is 1.89. The molecule has 1 N–H and O–H groups in total. The zero-order chi connectivity index (χ0) is 11.3. The summed E-state index contributed by atoms with van der Waals surface area (Å²) in [4.78, 5) is 12.2. The van der Waals surface area contributed by atoms with Crippen molar-refractivity contribution >= 4 is 5.97 Å². The smallest absolute Gasteiger partial charge is 0.328 e. The SMILES string of the molecule is CN(CC=CC(=O)O)Cc1cnn(C)c1. The van der Waals surface area contributed by atoms with Gasteiger partial charge in [0.15, 0.2) is 0 Å². The van der Waals surface area contributed by atoms with Crippen molar-refractivity contribution < 1.29 is 9.90 Å². The summed E-state index contributed by atoms with van der Waals surface area (Å²) in [7, 11) is 3.80. The fraction of sp³-hybridized carbons (Fsp3) is 0.400. The van der Waals surface area contributed by atoms with Gasteiger partial charge in [0.05, 0.1) is 6.20 Å². The lowest BCUT2D eigenvalue weighted by Crippen LogP contribution is -2.17. The molecule has 0 aromatic carbocycles. The standard InChI is InChI=1S/C10H15N3O2/c1-12(5-3-4-10(14)15)7-9-6-11-13(2)8-9/h3-4,6,8H,5,7H2,1-2H3,(H,14,15). The van der Waals surface area contributed by atoms with Gasteiger partial charge in [-0.15, -0.1) is 0 Å². The Kier molecular flexibility index (Phi) is 4.05. The molecule has 0 aliphatic carbocycles. The van der Waals surface area contributed by atoms with E-state index in [4.69, 9.17) is 5.11 Å². The molecular weight excluding hydrogens is 194 g/mol. The van der Waals surface area contributed by atoms with Crippen molar-refractivity contribution in [1.82, 2.24) is 14.7 Å². The van der Waals surface area contributed by atoms with Crippen molar-refractivity contribution in [3.8, 4) is 0 Å². The second-order valence-corrected chi connectivity index (χ2v) is 3.46. The van der Waals surface area contributed by atoms with Gasteiger partial charge in [-0.25, -0.2) is 4.79 Å². The molecule has 0 saturated carbocycles. The van der Waals surface area contributed by atoms with Crippen LogP contribution in [0.25, 0.3) is 0 Å². The molecule has 0 atom stereocenters. The summed E-state index contributed by atoms with van der Waals surface area (Å²) in [6.45, 7) is 1.37. The average molecular weight is 209 g/mol. The van der Waals surface area contributed by atoms with Crippen LogP contribution in [0, 0.1) is 0 Å². The van der Waals surface area contributed by atoms with E-state index < -0.39 is 5.97 Å². The number of carboxylic acids is 1.